The van der Waals surface area contributed by atoms with Gasteiger partial charge < -0.3 is 14.7 Å². The van der Waals surface area contributed by atoms with Crippen LogP contribution < -0.4 is 10.4 Å². The van der Waals surface area contributed by atoms with E-state index in [0.29, 0.717) is 13.2 Å². The van der Waals surface area contributed by atoms with Crippen molar-refractivity contribution in [3.8, 4) is 5.75 Å². The molecule has 2 aromatic heterocycles. The number of fused-ring (bicyclic) bond motifs is 2. The van der Waals surface area contributed by atoms with Gasteiger partial charge in [-0.2, -0.15) is 0 Å². The third kappa shape index (κ3) is 2.89. The van der Waals surface area contributed by atoms with Crippen molar-refractivity contribution in [2.45, 2.75) is 12.2 Å². The van der Waals surface area contributed by atoms with Crippen molar-refractivity contribution in [1.82, 2.24) is 9.58 Å². The summed E-state index contributed by atoms with van der Waals surface area (Å²) in [6.45, 7) is 0.971. The fraction of sp³-hybridized carbons (Fsp3) is 0.238. The molecule has 1 N–H and O–H groups in total. The first-order valence-electron chi connectivity index (χ1n) is 9.47. The van der Waals surface area contributed by atoms with Gasteiger partial charge in [0.1, 0.15) is 18.0 Å². The fourth-order valence-corrected chi connectivity index (χ4v) is 4.92. The van der Waals surface area contributed by atoms with Crippen molar-refractivity contribution < 1.29 is 19.0 Å². The molecule has 1 fully saturated rings. The molecule has 2 aliphatic heterocycles. The van der Waals surface area contributed by atoms with Crippen molar-refractivity contribution in [2.24, 2.45) is 0 Å². The number of nitrogens with zero attached hydrogens (tertiary/aromatic N) is 3. The molecule has 7 nitrogen and oxygen atoms in total. The Labute approximate surface area is 175 Å². The van der Waals surface area contributed by atoms with E-state index in [9.17, 15) is 19.1 Å². The van der Waals surface area contributed by atoms with Gasteiger partial charge in [-0.1, -0.05) is 18.2 Å². The van der Waals surface area contributed by atoms with Crippen LogP contribution in [0.25, 0.3) is 0 Å². The summed E-state index contributed by atoms with van der Waals surface area (Å²) in [5.74, 6) is -1.35. The largest absolute Gasteiger partial charge is 0.502 e. The predicted octanol–water partition coefficient (Wildman–Crippen LogP) is 2.29. The minimum absolute atomic E-state index is 0.0793. The second-order valence-electron chi connectivity index (χ2n) is 7.13. The van der Waals surface area contributed by atoms with Crippen LogP contribution in [0.1, 0.15) is 27.0 Å². The van der Waals surface area contributed by atoms with Crippen LogP contribution in [-0.4, -0.2) is 46.5 Å². The molecule has 1 aromatic carbocycles. The molecule has 1 saturated heterocycles. The zero-order valence-corrected chi connectivity index (χ0v) is 16.6. The van der Waals surface area contributed by atoms with E-state index in [2.05, 4.69) is 0 Å². The van der Waals surface area contributed by atoms with E-state index in [1.165, 1.54) is 40.4 Å². The molecule has 9 heteroatoms. The van der Waals surface area contributed by atoms with E-state index in [-0.39, 0.29) is 18.1 Å². The first kappa shape index (κ1) is 18.8. The maximum Gasteiger partial charge on any atom is 0.278 e. The number of thiophene rings is 1. The van der Waals surface area contributed by atoms with Crippen LogP contribution in [-0.2, 0) is 4.74 Å². The van der Waals surface area contributed by atoms with Crippen molar-refractivity contribution in [3.63, 3.8) is 0 Å². The number of hydrogen-bond donors (Lipinski definition) is 1. The number of rotatable bonds is 3. The molecule has 0 aliphatic carbocycles. The Morgan fingerprint density at radius 3 is 2.70 bits per heavy atom. The Bertz CT molecular complexity index is 1150. The Kier molecular flexibility index (Phi) is 4.56. The lowest BCUT2D eigenvalue weighted by Gasteiger charge is -2.51. The molecule has 0 spiro atoms. The number of hydrogen-bond acceptors (Lipinski definition) is 6. The Morgan fingerprint density at radius 2 is 1.97 bits per heavy atom. The van der Waals surface area contributed by atoms with Crippen molar-refractivity contribution >= 4 is 17.2 Å². The lowest BCUT2D eigenvalue weighted by Crippen LogP contribution is -2.66. The molecule has 1 amide bonds. The Morgan fingerprint density at radius 1 is 1.17 bits per heavy atom. The van der Waals surface area contributed by atoms with E-state index < -0.39 is 29.3 Å². The zero-order chi connectivity index (χ0) is 20.8. The van der Waals surface area contributed by atoms with Gasteiger partial charge in [-0.15, -0.1) is 11.3 Å². The van der Waals surface area contributed by atoms with E-state index in [1.807, 2.05) is 22.5 Å². The maximum absolute atomic E-state index is 13.6. The van der Waals surface area contributed by atoms with Crippen LogP contribution in [0.15, 0.2) is 58.8 Å². The highest BCUT2D eigenvalue weighted by molar-refractivity contribution is 7.10. The van der Waals surface area contributed by atoms with Crippen LogP contribution in [0.3, 0.4) is 0 Å². The van der Waals surface area contributed by atoms with Gasteiger partial charge >= 0.3 is 0 Å². The molecule has 2 atom stereocenters. The van der Waals surface area contributed by atoms with E-state index >= 15 is 0 Å². The summed E-state index contributed by atoms with van der Waals surface area (Å²) in [5.41, 5.74) is 0.114. The molecule has 0 radical (unpaired) electrons. The number of carbonyl (C=O) groups is 1. The van der Waals surface area contributed by atoms with E-state index in [4.69, 9.17) is 4.74 Å². The molecule has 0 bridgehead atoms. The van der Waals surface area contributed by atoms with Gasteiger partial charge in [-0.05, 0) is 29.1 Å². The highest BCUT2D eigenvalue weighted by atomic mass is 32.1. The summed E-state index contributed by atoms with van der Waals surface area (Å²) >= 11 is 1.53. The molecule has 2 aliphatic rings. The number of amides is 1. The van der Waals surface area contributed by atoms with Crippen LogP contribution in [0.2, 0.25) is 0 Å². The van der Waals surface area contributed by atoms with Gasteiger partial charge in [0.25, 0.3) is 5.91 Å². The third-order valence-corrected chi connectivity index (χ3v) is 6.36. The highest BCUT2D eigenvalue weighted by Crippen LogP contribution is 2.37. The van der Waals surface area contributed by atoms with Crippen LogP contribution in [0, 0.1) is 5.82 Å². The Hall–Kier alpha value is -3.17. The van der Waals surface area contributed by atoms with Gasteiger partial charge in [-0.25, -0.2) is 4.39 Å². The monoisotopic (exact) mass is 427 g/mol. The summed E-state index contributed by atoms with van der Waals surface area (Å²) < 4.78 is 20.8. The minimum atomic E-state index is -0.615. The molecular weight excluding hydrogens is 409 g/mol. The van der Waals surface area contributed by atoms with E-state index in [1.54, 1.807) is 17.0 Å². The van der Waals surface area contributed by atoms with Crippen LogP contribution in [0.4, 0.5) is 4.39 Å². The number of pyridine rings is 1. The normalized spacial score (nSPS) is 19.4. The molecule has 4 heterocycles. The van der Waals surface area contributed by atoms with Gasteiger partial charge in [0.2, 0.25) is 5.43 Å². The predicted molar refractivity (Wildman–Crippen MR) is 109 cm³/mol. The highest BCUT2D eigenvalue weighted by Gasteiger charge is 2.44. The second-order valence-corrected chi connectivity index (χ2v) is 8.10. The summed E-state index contributed by atoms with van der Waals surface area (Å²) in [4.78, 5) is 27.8. The first-order valence-corrected chi connectivity index (χ1v) is 10.3. The molecule has 5 rings (SSSR count). The standard InChI is InChI=1S/C21H18FN3O4S/c22-14-5-3-13(4-6-14)18(16-2-1-11-30-16)25-17-12-29-10-9-23(17)21(28)19-20(27)15(26)7-8-24(19)25/h1-8,11,17-18,27H,9-10,12H2/t17-,18-/m1/s1. The number of benzene rings is 1. The molecule has 154 valence electrons. The average Bonchev–Trinajstić information content (AvgIpc) is 3.28. The topological polar surface area (TPSA) is 75.0 Å². The number of aromatic hydroxyl groups is 1. The maximum atomic E-state index is 13.6. The van der Waals surface area contributed by atoms with Crippen molar-refractivity contribution in [2.75, 3.05) is 24.8 Å². The SMILES string of the molecule is O=C1c2c(O)c(=O)ccn2N([C@H](c2ccc(F)cc2)c2cccs2)[C@@H]2COCCN12. The first-order chi connectivity index (χ1) is 14.6. The lowest BCUT2D eigenvalue weighted by atomic mass is 10.0. The number of halogens is 1. The van der Waals surface area contributed by atoms with Gasteiger partial charge in [0.05, 0.1) is 13.2 Å². The number of ether oxygens (including phenoxy) is 1. The average molecular weight is 427 g/mol. The summed E-state index contributed by atoms with van der Waals surface area (Å²) in [6, 6.07) is 10.9. The van der Waals surface area contributed by atoms with E-state index in [0.717, 1.165) is 10.4 Å². The molecule has 3 aromatic rings. The quantitative estimate of drug-likeness (QED) is 0.694. The van der Waals surface area contributed by atoms with Gasteiger partial charge in [-0.3, -0.25) is 19.3 Å². The van der Waals surface area contributed by atoms with Gasteiger partial charge in [0.15, 0.2) is 11.4 Å². The Balaban J connectivity index is 1.76. The van der Waals surface area contributed by atoms with Crippen LogP contribution >= 0.6 is 11.3 Å². The van der Waals surface area contributed by atoms with Crippen molar-refractivity contribution in [1.29, 1.82) is 0 Å². The van der Waals surface area contributed by atoms with Gasteiger partial charge in [0, 0.05) is 23.7 Å². The summed E-state index contributed by atoms with van der Waals surface area (Å²) in [7, 11) is 0. The molecule has 0 unspecified atom stereocenters. The number of carbonyl (C=O) groups excluding carboxylic acids is 1. The second kappa shape index (κ2) is 7.26. The smallest absolute Gasteiger partial charge is 0.278 e. The fourth-order valence-electron chi connectivity index (χ4n) is 4.07. The lowest BCUT2D eigenvalue weighted by molar-refractivity contribution is -0.0195. The molecule has 0 saturated carbocycles. The van der Waals surface area contributed by atoms with Crippen LogP contribution in [0.5, 0.6) is 5.75 Å². The third-order valence-electron chi connectivity index (χ3n) is 5.44. The number of morpholine rings is 1. The molecular formula is C21H18FN3O4S. The molecule has 30 heavy (non-hydrogen) atoms. The zero-order valence-electron chi connectivity index (χ0n) is 15.8. The number of aromatic nitrogens is 1. The summed E-state index contributed by atoms with van der Waals surface area (Å²) in [5, 5.41) is 14.3. The van der Waals surface area contributed by atoms with Crippen molar-refractivity contribution in [3.05, 3.63) is 86.2 Å². The minimum Gasteiger partial charge on any atom is -0.502 e. The summed E-state index contributed by atoms with van der Waals surface area (Å²) in [6.07, 6.45) is 1.03.